The molecule has 118 valence electrons. The van der Waals surface area contributed by atoms with Gasteiger partial charge < -0.3 is 10.6 Å². The zero-order valence-corrected chi connectivity index (χ0v) is 13.6. The van der Waals surface area contributed by atoms with Gasteiger partial charge in [0.15, 0.2) is 0 Å². The first-order valence-corrected chi connectivity index (χ1v) is 8.39. The molecule has 1 fully saturated rings. The molecule has 2 unspecified atom stereocenters. The van der Waals surface area contributed by atoms with E-state index in [0.29, 0.717) is 24.4 Å². The van der Waals surface area contributed by atoms with E-state index >= 15 is 0 Å². The number of carbonyl (C=O) groups is 1. The van der Waals surface area contributed by atoms with Crippen molar-refractivity contribution in [1.82, 2.24) is 9.80 Å². The van der Waals surface area contributed by atoms with Gasteiger partial charge >= 0.3 is 0 Å². The van der Waals surface area contributed by atoms with Crippen LogP contribution in [0, 0.1) is 5.92 Å². The van der Waals surface area contributed by atoms with Gasteiger partial charge in [-0.3, -0.25) is 9.69 Å². The summed E-state index contributed by atoms with van der Waals surface area (Å²) in [4.78, 5) is 16.9. The Labute approximate surface area is 124 Å². The van der Waals surface area contributed by atoms with Crippen LogP contribution >= 0.6 is 0 Å². The second kappa shape index (κ2) is 9.35. The first-order valence-electron chi connectivity index (χ1n) is 8.39. The minimum Gasteiger partial charge on any atom is -0.342 e. The van der Waals surface area contributed by atoms with Crippen LogP contribution in [-0.2, 0) is 4.79 Å². The van der Waals surface area contributed by atoms with Crippen LogP contribution < -0.4 is 5.73 Å². The molecule has 2 N–H and O–H groups in total. The van der Waals surface area contributed by atoms with E-state index in [9.17, 15) is 4.79 Å². The van der Waals surface area contributed by atoms with Crippen LogP contribution in [0.3, 0.4) is 0 Å². The quantitative estimate of drug-likeness (QED) is 0.705. The molecule has 0 aromatic carbocycles. The number of hydrogen-bond acceptors (Lipinski definition) is 3. The normalized spacial score (nSPS) is 22.4. The maximum absolute atomic E-state index is 12.5. The van der Waals surface area contributed by atoms with Crippen LogP contribution in [0.25, 0.3) is 0 Å². The maximum Gasteiger partial charge on any atom is 0.236 e. The topological polar surface area (TPSA) is 49.6 Å². The molecule has 20 heavy (non-hydrogen) atoms. The molecule has 1 aliphatic carbocycles. The Bertz CT molecular complexity index is 277. The highest BCUT2D eigenvalue weighted by Gasteiger charge is 2.31. The molecule has 0 saturated heterocycles. The summed E-state index contributed by atoms with van der Waals surface area (Å²) in [6, 6.07) is 0.513. The van der Waals surface area contributed by atoms with Crippen molar-refractivity contribution >= 4 is 5.91 Å². The van der Waals surface area contributed by atoms with Crippen molar-refractivity contribution in [1.29, 1.82) is 0 Å². The Balaban J connectivity index is 2.59. The van der Waals surface area contributed by atoms with Crippen molar-refractivity contribution in [3.63, 3.8) is 0 Å². The molecule has 2 atom stereocenters. The van der Waals surface area contributed by atoms with Crippen molar-refractivity contribution in [3.05, 3.63) is 0 Å². The SMILES string of the molecule is CCCN(CCC)C(=O)CN(CC)C1CCCC1CN. The molecular formula is C16H33N3O. The lowest BCUT2D eigenvalue weighted by Gasteiger charge is -2.33. The first kappa shape index (κ1) is 17.4. The number of nitrogens with two attached hydrogens (primary N) is 1. The van der Waals surface area contributed by atoms with E-state index < -0.39 is 0 Å². The summed E-state index contributed by atoms with van der Waals surface area (Å²) in [6.07, 6.45) is 5.74. The first-order chi connectivity index (χ1) is 9.67. The van der Waals surface area contributed by atoms with E-state index in [1.807, 2.05) is 4.90 Å². The minimum absolute atomic E-state index is 0.290. The monoisotopic (exact) mass is 283 g/mol. The summed E-state index contributed by atoms with van der Waals surface area (Å²) in [5.74, 6) is 0.867. The summed E-state index contributed by atoms with van der Waals surface area (Å²) >= 11 is 0. The van der Waals surface area contributed by atoms with Gasteiger partial charge in [-0.2, -0.15) is 0 Å². The molecule has 0 radical (unpaired) electrons. The summed E-state index contributed by atoms with van der Waals surface area (Å²) in [7, 11) is 0. The molecule has 1 amide bonds. The highest BCUT2D eigenvalue weighted by atomic mass is 16.2. The van der Waals surface area contributed by atoms with Gasteiger partial charge in [0.25, 0.3) is 0 Å². The van der Waals surface area contributed by atoms with E-state index in [-0.39, 0.29) is 0 Å². The molecule has 0 aromatic rings. The van der Waals surface area contributed by atoms with Crippen molar-refractivity contribution < 1.29 is 4.79 Å². The second-order valence-corrected chi connectivity index (χ2v) is 5.94. The van der Waals surface area contributed by atoms with Crippen LogP contribution in [0.2, 0.25) is 0 Å². The smallest absolute Gasteiger partial charge is 0.236 e. The third-order valence-electron chi connectivity index (χ3n) is 4.48. The van der Waals surface area contributed by atoms with Crippen molar-refractivity contribution in [2.75, 3.05) is 32.7 Å². The number of likely N-dealkylation sites (N-methyl/N-ethyl adjacent to an activating group) is 1. The van der Waals surface area contributed by atoms with Gasteiger partial charge in [0, 0.05) is 19.1 Å². The van der Waals surface area contributed by atoms with Crippen LogP contribution in [0.4, 0.5) is 0 Å². The molecule has 0 aliphatic heterocycles. The van der Waals surface area contributed by atoms with E-state index in [1.165, 1.54) is 19.3 Å². The van der Waals surface area contributed by atoms with Crippen molar-refractivity contribution in [2.24, 2.45) is 11.7 Å². The predicted molar refractivity (Wildman–Crippen MR) is 84.6 cm³/mol. The summed E-state index contributed by atoms with van der Waals surface area (Å²) < 4.78 is 0. The summed E-state index contributed by atoms with van der Waals surface area (Å²) in [5, 5.41) is 0. The largest absolute Gasteiger partial charge is 0.342 e. The highest BCUT2D eigenvalue weighted by Crippen LogP contribution is 2.29. The van der Waals surface area contributed by atoms with Crippen molar-refractivity contribution in [3.8, 4) is 0 Å². The van der Waals surface area contributed by atoms with Crippen molar-refractivity contribution in [2.45, 2.75) is 58.9 Å². The predicted octanol–water partition coefficient (Wildman–Crippen LogP) is 2.08. The van der Waals surface area contributed by atoms with Gasteiger partial charge in [-0.15, -0.1) is 0 Å². The van der Waals surface area contributed by atoms with Crippen LogP contribution in [0.15, 0.2) is 0 Å². The van der Waals surface area contributed by atoms with Gasteiger partial charge in [0.1, 0.15) is 0 Å². The highest BCUT2D eigenvalue weighted by molar-refractivity contribution is 5.78. The standard InChI is InChI=1S/C16H33N3O/c1-4-10-19(11-5-2)16(20)13-18(6-3)15-9-7-8-14(15)12-17/h14-15H,4-13,17H2,1-3H3. The van der Waals surface area contributed by atoms with Crippen LogP contribution in [0.1, 0.15) is 52.9 Å². The fraction of sp³-hybridized carbons (Fsp3) is 0.938. The number of hydrogen-bond donors (Lipinski definition) is 1. The van der Waals surface area contributed by atoms with Gasteiger partial charge in [0.2, 0.25) is 5.91 Å². The Morgan fingerprint density at radius 2 is 1.80 bits per heavy atom. The van der Waals surface area contributed by atoms with E-state index in [2.05, 4.69) is 25.7 Å². The fourth-order valence-corrected chi connectivity index (χ4v) is 3.41. The zero-order chi connectivity index (χ0) is 15.0. The molecule has 1 rings (SSSR count). The third kappa shape index (κ3) is 4.74. The molecule has 4 nitrogen and oxygen atoms in total. The van der Waals surface area contributed by atoms with E-state index in [1.54, 1.807) is 0 Å². The lowest BCUT2D eigenvalue weighted by atomic mass is 10.0. The average molecular weight is 283 g/mol. The zero-order valence-electron chi connectivity index (χ0n) is 13.6. The third-order valence-corrected chi connectivity index (χ3v) is 4.48. The Morgan fingerprint density at radius 3 is 2.30 bits per heavy atom. The number of carbonyl (C=O) groups excluding carboxylic acids is 1. The molecule has 4 heteroatoms. The van der Waals surface area contributed by atoms with E-state index in [0.717, 1.165) is 39.0 Å². The summed E-state index contributed by atoms with van der Waals surface area (Å²) in [5.41, 5.74) is 5.88. The number of nitrogens with zero attached hydrogens (tertiary/aromatic N) is 2. The molecular weight excluding hydrogens is 250 g/mol. The van der Waals surface area contributed by atoms with Crippen LogP contribution in [-0.4, -0.2) is 54.5 Å². The van der Waals surface area contributed by atoms with Gasteiger partial charge in [-0.1, -0.05) is 27.2 Å². The number of amides is 1. The van der Waals surface area contributed by atoms with Gasteiger partial charge in [-0.25, -0.2) is 0 Å². The maximum atomic E-state index is 12.5. The Kier molecular flexibility index (Phi) is 8.15. The summed E-state index contributed by atoms with van der Waals surface area (Å²) in [6.45, 7) is 10.5. The second-order valence-electron chi connectivity index (χ2n) is 5.94. The minimum atomic E-state index is 0.290. The fourth-order valence-electron chi connectivity index (χ4n) is 3.41. The van der Waals surface area contributed by atoms with Crippen LogP contribution in [0.5, 0.6) is 0 Å². The molecule has 0 heterocycles. The Morgan fingerprint density at radius 1 is 1.15 bits per heavy atom. The molecule has 0 aromatic heterocycles. The molecule has 1 saturated carbocycles. The van der Waals surface area contributed by atoms with Gasteiger partial charge in [-0.05, 0) is 44.7 Å². The lowest BCUT2D eigenvalue weighted by molar-refractivity contribution is -0.133. The molecule has 1 aliphatic rings. The van der Waals surface area contributed by atoms with Gasteiger partial charge in [0.05, 0.1) is 6.54 Å². The average Bonchev–Trinajstić information content (AvgIpc) is 2.92. The molecule has 0 bridgehead atoms. The van der Waals surface area contributed by atoms with E-state index in [4.69, 9.17) is 5.73 Å². The Hall–Kier alpha value is -0.610. The number of rotatable bonds is 9. The molecule has 0 spiro atoms. The lowest BCUT2D eigenvalue weighted by Crippen LogP contribution is -2.47.